The molecule has 0 aromatic rings. The van der Waals surface area contributed by atoms with Crippen LogP contribution in [0.15, 0.2) is 72.9 Å². The van der Waals surface area contributed by atoms with E-state index in [-0.39, 0.29) is 25.2 Å². The zero-order valence-corrected chi connectivity index (χ0v) is 30.3. The Morgan fingerprint density at radius 3 is 1.40 bits per heavy atom. The van der Waals surface area contributed by atoms with Gasteiger partial charge in [0.15, 0.2) is 6.10 Å². The highest BCUT2D eigenvalue weighted by atomic mass is 16.6. The van der Waals surface area contributed by atoms with Crippen LogP contribution in [0.5, 0.6) is 0 Å². The number of hydrogen-bond acceptors (Lipinski definition) is 5. The van der Waals surface area contributed by atoms with E-state index in [2.05, 4.69) is 86.8 Å². The first-order valence-electron chi connectivity index (χ1n) is 19.0. The van der Waals surface area contributed by atoms with E-state index in [1.807, 2.05) is 0 Å². The van der Waals surface area contributed by atoms with Crippen molar-refractivity contribution in [2.75, 3.05) is 13.2 Å². The Morgan fingerprint density at radius 1 is 0.511 bits per heavy atom. The van der Waals surface area contributed by atoms with Gasteiger partial charge in [-0.2, -0.15) is 0 Å². The maximum absolute atomic E-state index is 12.2. The van der Waals surface area contributed by atoms with Gasteiger partial charge in [0.25, 0.3) is 0 Å². The van der Waals surface area contributed by atoms with Crippen molar-refractivity contribution < 1.29 is 24.2 Å². The molecular weight excluding hydrogens is 584 g/mol. The van der Waals surface area contributed by atoms with Gasteiger partial charge in [-0.15, -0.1) is 0 Å². The lowest BCUT2D eigenvalue weighted by Crippen LogP contribution is -2.28. The summed E-state index contributed by atoms with van der Waals surface area (Å²) in [7, 11) is 0. The SMILES string of the molecule is CC/C=C\C/C=C\C/C=C\C/C=C\C/C=C\CCCCCCCC(=O)OC(CO)COC(=O)CCCCCCC/C=C\CCCCC. The fourth-order valence-corrected chi connectivity index (χ4v) is 4.87. The average Bonchev–Trinajstić information content (AvgIpc) is 3.07. The van der Waals surface area contributed by atoms with Gasteiger partial charge in [0, 0.05) is 12.8 Å². The summed E-state index contributed by atoms with van der Waals surface area (Å²) in [4.78, 5) is 24.2. The van der Waals surface area contributed by atoms with Crippen molar-refractivity contribution in [2.24, 2.45) is 0 Å². The van der Waals surface area contributed by atoms with Crippen LogP contribution in [-0.4, -0.2) is 36.4 Å². The molecule has 0 saturated heterocycles. The van der Waals surface area contributed by atoms with Crippen molar-refractivity contribution in [3.8, 4) is 0 Å². The van der Waals surface area contributed by atoms with Crippen LogP contribution in [0.25, 0.3) is 0 Å². The molecule has 1 atom stereocenters. The summed E-state index contributed by atoms with van der Waals surface area (Å²) in [6.45, 7) is 3.95. The molecule has 0 radical (unpaired) electrons. The maximum Gasteiger partial charge on any atom is 0.306 e. The normalized spacial score (nSPS) is 13.0. The third-order valence-corrected chi connectivity index (χ3v) is 7.73. The third-order valence-electron chi connectivity index (χ3n) is 7.73. The molecule has 268 valence electrons. The molecule has 0 aromatic carbocycles. The van der Waals surface area contributed by atoms with Gasteiger partial charge >= 0.3 is 11.9 Å². The van der Waals surface area contributed by atoms with E-state index < -0.39 is 6.10 Å². The number of unbranched alkanes of at least 4 members (excludes halogenated alkanes) is 13. The number of carbonyl (C=O) groups is 2. The molecular formula is C42H70O5. The molecule has 0 bridgehead atoms. The molecule has 0 aliphatic carbocycles. The van der Waals surface area contributed by atoms with E-state index in [1.165, 1.54) is 38.5 Å². The summed E-state index contributed by atoms with van der Waals surface area (Å²) in [5.41, 5.74) is 0. The summed E-state index contributed by atoms with van der Waals surface area (Å²) in [6.07, 6.45) is 49.6. The van der Waals surface area contributed by atoms with Crippen LogP contribution in [0, 0.1) is 0 Å². The molecule has 0 rings (SSSR count). The highest BCUT2D eigenvalue weighted by Crippen LogP contribution is 2.11. The molecule has 1 unspecified atom stereocenters. The quantitative estimate of drug-likeness (QED) is 0.0433. The molecule has 0 fully saturated rings. The number of ether oxygens (including phenoxy) is 2. The molecule has 0 saturated carbocycles. The van der Waals surface area contributed by atoms with E-state index in [1.54, 1.807) is 0 Å². The van der Waals surface area contributed by atoms with Crippen LogP contribution in [-0.2, 0) is 19.1 Å². The number of carbonyl (C=O) groups excluding carboxylic acids is 2. The van der Waals surface area contributed by atoms with E-state index >= 15 is 0 Å². The van der Waals surface area contributed by atoms with Gasteiger partial charge in [0.2, 0.25) is 0 Å². The van der Waals surface area contributed by atoms with E-state index in [4.69, 9.17) is 9.47 Å². The number of hydrogen-bond donors (Lipinski definition) is 1. The first-order chi connectivity index (χ1) is 23.1. The first-order valence-corrected chi connectivity index (χ1v) is 19.0. The minimum absolute atomic E-state index is 0.0819. The Morgan fingerprint density at radius 2 is 0.915 bits per heavy atom. The Labute approximate surface area is 289 Å². The molecule has 5 heteroatoms. The van der Waals surface area contributed by atoms with Crippen molar-refractivity contribution >= 4 is 11.9 Å². The lowest BCUT2D eigenvalue weighted by atomic mass is 10.1. The van der Waals surface area contributed by atoms with Crippen molar-refractivity contribution in [1.29, 1.82) is 0 Å². The summed E-state index contributed by atoms with van der Waals surface area (Å²) in [5.74, 6) is -0.631. The van der Waals surface area contributed by atoms with Crippen LogP contribution in [0.1, 0.15) is 162 Å². The monoisotopic (exact) mass is 655 g/mol. The topological polar surface area (TPSA) is 72.8 Å². The zero-order valence-electron chi connectivity index (χ0n) is 30.3. The predicted molar refractivity (Wildman–Crippen MR) is 200 cm³/mol. The second kappa shape index (κ2) is 37.8. The summed E-state index contributed by atoms with van der Waals surface area (Å²) in [6, 6.07) is 0. The van der Waals surface area contributed by atoms with Crippen molar-refractivity contribution in [1.82, 2.24) is 0 Å². The summed E-state index contributed by atoms with van der Waals surface area (Å²) in [5, 5.41) is 9.53. The standard InChI is InChI=1S/C42H70O5/c1-3-5-7-9-11-13-15-17-18-19-20-21-22-23-24-25-27-29-31-33-35-37-42(45)47-40(38-43)39-46-41(44)36-34-32-30-28-26-16-14-12-10-8-6-4-2/h5,7,11-14,17-18,20-21,23-24,40,43H,3-4,6,8-10,15-16,19,22,25-39H2,1-2H3/b7-5-,13-11-,14-12-,18-17-,21-20-,24-23-. The fourth-order valence-electron chi connectivity index (χ4n) is 4.87. The van der Waals surface area contributed by atoms with Gasteiger partial charge in [0.1, 0.15) is 6.61 Å². The summed E-state index contributed by atoms with van der Waals surface area (Å²) >= 11 is 0. The molecule has 5 nitrogen and oxygen atoms in total. The molecule has 0 aromatic heterocycles. The minimum Gasteiger partial charge on any atom is -0.462 e. The minimum atomic E-state index is -0.787. The van der Waals surface area contributed by atoms with Gasteiger partial charge in [0.05, 0.1) is 6.61 Å². The van der Waals surface area contributed by atoms with Gasteiger partial charge in [-0.1, -0.05) is 138 Å². The molecule has 47 heavy (non-hydrogen) atoms. The highest BCUT2D eigenvalue weighted by Gasteiger charge is 2.16. The van der Waals surface area contributed by atoms with Crippen molar-refractivity contribution in [3.63, 3.8) is 0 Å². The zero-order chi connectivity index (χ0) is 34.3. The lowest BCUT2D eigenvalue weighted by Gasteiger charge is -2.15. The Balaban J connectivity index is 3.65. The number of esters is 2. The number of allylic oxidation sites excluding steroid dienone is 12. The molecule has 0 spiro atoms. The second-order valence-electron chi connectivity index (χ2n) is 12.3. The van der Waals surface area contributed by atoms with Crippen LogP contribution in [0.4, 0.5) is 0 Å². The maximum atomic E-state index is 12.2. The fraction of sp³-hybridized carbons (Fsp3) is 0.667. The van der Waals surface area contributed by atoms with Gasteiger partial charge in [-0.3, -0.25) is 9.59 Å². The van der Waals surface area contributed by atoms with Crippen LogP contribution in [0.3, 0.4) is 0 Å². The van der Waals surface area contributed by atoms with Crippen LogP contribution >= 0.6 is 0 Å². The molecule has 0 amide bonds. The van der Waals surface area contributed by atoms with Crippen LogP contribution in [0.2, 0.25) is 0 Å². The first kappa shape index (κ1) is 44.3. The Kier molecular flexibility index (Phi) is 35.7. The largest absolute Gasteiger partial charge is 0.462 e. The van der Waals surface area contributed by atoms with E-state index in [0.717, 1.165) is 96.3 Å². The van der Waals surface area contributed by atoms with Crippen molar-refractivity contribution in [2.45, 2.75) is 168 Å². The molecule has 1 N–H and O–H groups in total. The molecule has 0 aliphatic rings. The van der Waals surface area contributed by atoms with Crippen molar-refractivity contribution in [3.05, 3.63) is 72.9 Å². The molecule has 0 heterocycles. The number of rotatable bonds is 33. The van der Waals surface area contributed by atoms with Gasteiger partial charge in [-0.25, -0.2) is 0 Å². The smallest absolute Gasteiger partial charge is 0.306 e. The molecule has 0 aliphatic heterocycles. The van der Waals surface area contributed by atoms with Gasteiger partial charge in [-0.05, 0) is 83.5 Å². The van der Waals surface area contributed by atoms with E-state index in [9.17, 15) is 14.7 Å². The Bertz CT molecular complexity index is 879. The summed E-state index contributed by atoms with van der Waals surface area (Å²) < 4.78 is 10.6. The van der Waals surface area contributed by atoms with Gasteiger partial charge < -0.3 is 14.6 Å². The highest BCUT2D eigenvalue weighted by molar-refractivity contribution is 5.70. The average molecular weight is 655 g/mol. The Hall–Kier alpha value is -2.66. The predicted octanol–water partition coefficient (Wildman–Crippen LogP) is 11.8. The lowest BCUT2D eigenvalue weighted by molar-refractivity contribution is -0.161. The second-order valence-corrected chi connectivity index (χ2v) is 12.3. The van der Waals surface area contributed by atoms with Crippen LogP contribution < -0.4 is 0 Å². The van der Waals surface area contributed by atoms with E-state index in [0.29, 0.717) is 12.8 Å². The number of aliphatic hydroxyl groups excluding tert-OH is 1. The third kappa shape index (κ3) is 36.0. The number of aliphatic hydroxyl groups is 1.